The maximum absolute atomic E-state index is 11.7. The average molecular weight is 296 g/mol. The topological polar surface area (TPSA) is 40.5 Å². The monoisotopic (exact) mass is 295 g/mol. The van der Waals surface area contributed by atoms with Crippen LogP contribution in [0.1, 0.15) is 37.7 Å². The van der Waals surface area contributed by atoms with Crippen LogP contribution in [0.5, 0.6) is 0 Å². The van der Waals surface area contributed by atoms with E-state index in [9.17, 15) is 9.90 Å². The summed E-state index contributed by atoms with van der Waals surface area (Å²) in [5, 5.41) is 10.3. The van der Waals surface area contributed by atoms with E-state index in [1.165, 1.54) is 0 Å². The molecule has 1 aromatic carbocycles. The number of hydrogen-bond donors (Lipinski definition) is 1. The molecule has 1 N–H and O–H groups in total. The van der Waals surface area contributed by atoms with Crippen molar-refractivity contribution in [1.82, 2.24) is 4.90 Å². The van der Waals surface area contributed by atoms with Gasteiger partial charge in [-0.25, -0.2) is 0 Å². The maximum atomic E-state index is 11.7. The van der Waals surface area contributed by atoms with Crippen LogP contribution in [0.25, 0.3) is 0 Å². The summed E-state index contributed by atoms with van der Waals surface area (Å²) in [5.74, 6) is -0.639. The second-order valence-corrected chi connectivity index (χ2v) is 6.38. The summed E-state index contributed by atoms with van der Waals surface area (Å²) in [5.41, 5.74) is 0.604. The molecule has 1 aliphatic rings. The Bertz CT molecular complexity index is 452. The van der Waals surface area contributed by atoms with E-state index >= 15 is 0 Å². The quantitative estimate of drug-likeness (QED) is 0.898. The minimum absolute atomic E-state index is 0.556. The number of carbonyl (C=O) groups is 1. The first kappa shape index (κ1) is 15.3. The van der Waals surface area contributed by atoms with Gasteiger partial charge in [-0.3, -0.25) is 4.79 Å². The highest BCUT2D eigenvalue weighted by atomic mass is 35.5. The summed E-state index contributed by atoms with van der Waals surface area (Å²) >= 11 is 5.88. The van der Waals surface area contributed by atoms with E-state index in [1.54, 1.807) is 0 Å². The van der Waals surface area contributed by atoms with Gasteiger partial charge in [-0.15, -0.1) is 0 Å². The summed E-state index contributed by atoms with van der Waals surface area (Å²) in [7, 11) is 1.99. The number of nitrogens with zero attached hydrogens (tertiary/aromatic N) is 1. The van der Waals surface area contributed by atoms with Gasteiger partial charge in [-0.1, -0.05) is 43.0 Å². The van der Waals surface area contributed by atoms with Crippen molar-refractivity contribution < 1.29 is 9.90 Å². The third-order valence-corrected chi connectivity index (χ3v) is 4.45. The molecule has 1 aliphatic carbocycles. The second-order valence-electron chi connectivity index (χ2n) is 5.94. The number of rotatable bonds is 5. The number of hydrogen-bond acceptors (Lipinski definition) is 2. The molecule has 20 heavy (non-hydrogen) atoms. The van der Waals surface area contributed by atoms with Crippen LogP contribution in [0, 0.1) is 5.41 Å². The molecule has 0 radical (unpaired) electrons. The molecule has 3 nitrogen and oxygen atoms in total. The molecule has 0 atom stereocenters. The minimum Gasteiger partial charge on any atom is -0.481 e. The summed E-state index contributed by atoms with van der Waals surface area (Å²) in [6.45, 7) is 1.37. The maximum Gasteiger partial charge on any atom is 0.310 e. The number of halogens is 1. The fraction of sp³-hybridized carbons (Fsp3) is 0.562. The lowest BCUT2D eigenvalue weighted by Crippen LogP contribution is -2.43. The molecule has 0 spiro atoms. The largest absolute Gasteiger partial charge is 0.481 e. The van der Waals surface area contributed by atoms with Gasteiger partial charge in [0.15, 0.2) is 0 Å². The molecule has 4 heteroatoms. The fourth-order valence-corrected chi connectivity index (χ4v) is 3.27. The van der Waals surface area contributed by atoms with Crippen LogP contribution in [0.2, 0.25) is 5.02 Å². The molecule has 0 unspecified atom stereocenters. The molecule has 0 amide bonds. The molecule has 0 bridgehead atoms. The number of carboxylic acid groups (broad SMARTS) is 1. The van der Waals surface area contributed by atoms with E-state index in [2.05, 4.69) is 4.90 Å². The molecule has 0 aromatic heterocycles. The van der Waals surface area contributed by atoms with Crippen LogP contribution in [0.3, 0.4) is 0 Å². The molecule has 2 rings (SSSR count). The van der Waals surface area contributed by atoms with Crippen LogP contribution in [-0.2, 0) is 11.3 Å². The lowest BCUT2D eigenvalue weighted by molar-refractivity contribution is -0.152. The first-order valence-electron chi connectivity index (χ1n) is 7.18. The highest BCUT2D eigenvalue weighted by Gasteiger charge is 2.40. The Hall–Kier alpha value is -1.06. The predicted molar refractivity (Wildman–Crippen MR) is 80.9 cm³/mol. The fourth-order valence-electron chi connectivity index (χ4n) is 3.14. The van der Waals surface area contributed by atoms with Gasteiger partial charge in [-0.2, -0.15) is 0 Å². The Morgan fingerprint density at radius 3 is 2.40 bits per heavy atom. The highest BCUT2D eigenvalue weighted by Crippen LogP contribution is 2.37. The molecule has 1 fully saturated rings. The predicted octanol–water partition coefficient (Wildman–Crippen LogP) is 3.81. The SMILES string of the molecule is CN(Cc1ccc(Cl)cc1)CC1(C(=O)O)CCCCC1. The van der Waals surface area contributed by atoms with Crippen molar-refractivity contribution in [3.05, 3.63) is 34.9 Å². The third-order valence-electron chi connectivity index (χ3n) is 4.20. The molecular formula is C16H22ClNO2. The van der Waals surface area contributed by atoms with Crippen molar-refractivity contribution in [3.8, 4) is 0 Å². The van der Waals surface area contributed by atoms with Crippen molar-refractivity contribution in [2.75, 3.05) is 13.6 Å². The molecular weight excluding hydrogens is 274 g/mol. The number of carboxylic acids is 1. The van der Waals surface area contributed by atoms with Crippen molar-refractivity contribution >= 4 is 17.6 Å². The van der Waals surface area contributed by atoms with E-state index < -0.39 is 11.4 Å². The summed E-state index contributed by atoms with van der Waals surface area (Å²) in [4.78, 5) is 13.8. The molecule has 0 saturated heterocycles. The second kappa shape index (κ2) is 6.59. The van der Waals surface area contributed by atoms with Gasteiger partial charge in [0.25, 0.3) is 0 Å². The number of aliphatic carboxylic acids is 1. The van der Waals surface area contributed by atoms with Crippen LogP contribution in [0.15, 0.2) is 24.3 Å². The van der Waals surface area contributed by atoms with E-state index in [-0.39, 0.29) is 0 Å². The Kier molecular flexibility index (Phi) is 5.06. The lowest BCUT2D eigenvalue weighted by Gasteiger charge is -2.36. The zero-order valence-corrected chi connectivity index (χ0v) is 12.7. The minimum atomic E-state index is -0.639. The van der Waals surface area contributed by atoms with E-state index in [4.69, 9.17) is 11.6 Å². The van der Waals surface area contributed by atoms with Crippen LogP contribution in [-0.4, -0.2) is 29.6 Å². The normalized spacial score (nSPS) is 18.1. The van der Waals surface area contributed by atoms with Crippen molar-refractivity contribution in [2.24, 2.45) is 5.41 Å². The summed E-state index contributed by atoms with van der Waals surface area (Å²) in [6.07, 6.45) is 4.82. The third kappa shape index (κ3) is 3.74. The lowest BCUT2D eigenvalue weighted by atomic mass is 9.73. The Balaban J connectivity index is 1.99. The van der Waals surface area contributed by atoms with Gasteiger partial charge >= 0.3 is 5.97 Å². The zero-order valence-electron chi connectivity index (χ0n) is 11.9. The Morgan fingerprint density at radius 1 is 1.25 bits per heavy atom. The molecule has 1 aromatic rings. The van der Waals surface area contributed by atoms with Crippen LogP contribution < -0.4 is 0 Å². The van der Waals surface area contributed by atoms with Crippen molar-refractivity contribution in [3.63, 3.8) is 0 Å². The molecule has 110 valence electrons. The highest BCUT2D eigenvalue weighted by molar-refractivity contribution is 6.30. The van der Waals surface area contributed by atoms with Gasteiger partial charge in [-0.05, 0) is 37.6 Å². The van der Waals surface area contributed by atoms with E-state index in [0.29, 0.717) is 6.54 Å². The van der Waals surface area contributed by atoms with Gasteiger partial charge in [0, 0.05) is 18.1 Å². The standard InChI is InChI=1S/C16H22ClNO2/c1-18(11-13-5-7-14(17)8-6-13)12-16(15(19)20)9-3-2-4-10-16/h5-8H,2-4,9-12H2,1H3,(H,19,20). The zero-order chi connectivity index (χ0) is 14.6. The smallest absolute Gasteiger partial charge is 0.310 e. The Labute approximate surface area is 125 Å². The van der Waals surface area contributed by atoms with Gasteiger partial charge < -0.3 is 10.0 Å². The van der Waals surface area contributed by atoms with Crippen molar-refractivity contribution in [1.29, 1.82) is 0 Å². The molecule has 1 saturated carbocycles. The molecule has 0 heterocycles. The van der Waals surface area contributed by atoms with Crippen molar-refractivity contribution in [2.45, 2.75) is 38.6 Å². The van der Waals surface area contributed by atoms with E-state index in [0.717, 1.165) is 49.2 Å². The Morgan fingerprint density at radius 2 is 1.85 bits per heavy atom. The van der Waals surface area contributed by atoms with Crippen LogP contribution in [0.4, 0.5) is 0 Å². The first-order chi connectivity index (χ1) is 9.52. The number of benzene rings is 1. The average Bonchev–Trinajstić information content (AvgIpc) is 2.42. The van der Waals surface area contributed by atoms with E-state index in [1.807, 2.05) is 31.3 Å². The van der Waals surface area contributed by atoms with Gasteiger partial charge in [0.05, 0.1) is 5.41 Å². The van der Waals surface area contributed by atoms with Gasteiger partial charge in [0.1, 0.15) is 0 Å². The van der Waals surface area contributed by atoms with Gasteiger partial charge in [0.2, 0.25) is 0 Å². The van der Waals surface area contributed by atoms with Crippen LogP contribution >= 0.6 is 11.6 Å². The molecule has 0 aliphatic heterocycles. The summed E-state index contributed by atoms with van der Waals surface area (Å²) < 4.78 is 0. The summed E-state index contributed by atoms with van der Waals surface area (Å²) in [6, 6.07) is 7.73. The first-order valence-corrected chi connectivity index (χ1v) is 7.56.